The molecule has 1 atom stereocenters. The molecular weight excluding hydrogens is 376 g/mol. The quantitative estimate of drug-likeness (QED) is 0.655. The van der Waals surface area contributed by atoms with E-state index in [4.69, 9.17) is 9.72 Å². The van der Waals surface area contributed by atoms with Crippen LogP contribution >= 0.6 is 0 Å². The first kappa shape index (κ1) is 20.0. The average Bonchev–Trinajstić information content (AvgIpc) is 2.79. The van der Waals surface area contributed by atoms with Gasteiger partial charge in [0.25, 0.3) is 5.91 Å². The molecule has 6 nitrogen and oxygen atoms in total. The Bertz CT molecular complexity index is 1050. The summed E-state index contributed by atoms with van der Waals surface area (Å²) in [6.45, 7) is 5.25. The van der Waals surface area contributed by atoms with Crippen molar-refractivity contribution in [3.05, 3.63) is 71.6 Å². The molecule has 0 aliphatic carbocycles. The molecule has 4 rings (SSSR count). The average molecular weight is 402 g/mol. The van der Waals surface area contributed by atoms with Crippen molar-refractivity contribution in [2.75, 3.05) is 20.2 Å². The van der Waals surface area contributed by atoms with E-state index in [2.05, 4.69) is 28.2 Å². The zero-order valence-electron chi connectivity index (χ0n) is 17.6. The topological polar surface area (TPSA) is 68.2 Å². The fourth-order valence-electron chi connectivity index (χ4n) is 3.94. The summed E-state index contributed by atoms with van der Waals surface area (Å²) in [4.78, 5) is 28.1. The fourth-order valence-corrected chi connectivity index (χ4v) is 3.94. The SMILES string of the molecule is COc1cccc(-c2cc(C)nc(C3CCCN(C(=O)c4cnc(C)cn4)C3)c2)c1. The number of carbonyl (C=O) groups excluding carboxylic acids is 1. The summed E-state index contributed by atoms with van der Waals surface area (Å²) in [6, 6.07) is 12.3. The summed E-state index contributed by atoms with van der Waals surface area (Å²) in [6.07, 6.45) is 5.15. The van der Waals surface area contributed by atoms with Gasteiger partial charge in [0.2, 0.25) is 0 Å². The highest BCUT2D eigenvalue weighted by atomic mass is 16.5. The Hall–Kier alpha value is -3.28. The second-order valence-corrected chi connectivity index (χ2v) is 7.79. The summed E-state index contributed by atoms with van der Waals surface area (Å²) in [7, 11) is 1.67. The number of carbonyl (C=O) groups is 1. The number of pyridine rings is 1. The van der Waals surface area contributed by atoms with Crippen LogP contribution in [-0.4, -0.2) is 46.0 Å². The molecule has 1 amide bonds. The van der Waals surface area contributed by atoms with Crippen LogP contribution < -0.4 is 4.74 Å². The number of aromatic nitrogens is 3. The van der Waals surface area contributed by atoms with Crippen LogP contribution in [0, 0.1) is 13.8 Å². The van der Waals surface area contributed by atoms with Crippen molar-refractivity contribution in [1.82, 2.24) is 19.9 Å². The van der Waals surface area contributed by atoms with Crippen molar-refractivity contribution in [2.45, 2.75) is 32.6 Å². The van der Waals surface area contributed by atoms with Crippen LogP contribution in [0.4, 0.5) is 0 Å². The van der Waals surface area contributed by atoms with Gasteiger partial charge in [-0.2, -0.15) is 0 Å². The standard InChI is InChI=1S/C24H26N4O2/c1-16-10-20(18-6-4-8-21(11-18)30-3)12-22(27-16)19-7-5-9-28(15-19)24(29)23-14-25-17(2)13-26-23/h4,6,8,10-14,19H,5,7,9,15H2,1-3H3. The number of amides is 1. The van der Waals surface area contributed by atoms with Crippen LogP contribution in [0.25, 0.3) is 11.1 Å². The Morgan fingerprint density at radius 1 is 1.07 bits per heavy atom. The van der Waals surface area contributed by atoms with Gasteiger partial charge in [-0.3, -0.25) is 14.8 Å². The van der Waals surface area contributed by atoms with Gasteiger partial charge in [-0.05, 0) is 62.1 Å². The minimum Gasteiger partial charge on any atom is -0.497 e. The lowest BCUT2D eigenvalue weighted by Crippen LogP contribution is -2.39. The Morgan fingerprint density at radius 3 is 2.70 bits per heavy atom. The lowest BCUT2D eigenvalue weighted by molar-refractivity contribution is 0.0699. The third kappa shape index (κ3) is 4.32. The molecule has 1 saturated heterocycles. The number of benzene rings is 1. The van der Waals surface area contributed by atoms with Gasteiger partial charge < -0.3 is 9.64 Å². The number of ether oxygens (including phenoxy) is 1. The van der Waals surface area contributed by atoms with E-state index in [1.54, 1.807) is 19.5 Å². The zero-order valence-corrected chi connectivity index (χ0v) is 17.6. The molecule has 0 N–H and O–H groups in total. The molecule has 6 heteroatoms. The molecule has 1 aliphatic heterocycles. The number of piperidine rings is 1. The van der Waals surface area contributed by atoms with E-state index in [1.165, 1.54) is 0 Å². The van der Waals surface area contributed by atoms with E-state index >= 15 is 0 Å². The van der Waals surface area contributed by atoms with Gasteiger partial charge in [-0.25, -0.2) is 4.98 Å². The van der Waals surface area contributed by atoms with Crippen molar-refractivity contribution in [1.29, 1.82) is 0 Å². The molecule has 1 aromatic carbocycles. The van der Waals surface area contributed by atoms with Crippen LogP contribution in [0.5, 0.6) is 5.75 Å². The number of methoxy groups -OCH3 is 1. The predicted molar refractivity (Wildman–Crippen MR) is 116 cm³/mol. The first-order chi connectivity index (χ1) is 14.5. The van der Waals surface area contributed by atoms with Crippen LogP contribution in [0.3, 0.4) is 0 Å². The Balaban J connectivity index is 1.58. The van der Waals surface area contributed by atoms with Crippen LogP contribution in [0.1, 0.15) is 46.3 Å². The molecule has 0 spiro atoms. The fraction of sp³-hybridized carbons (Fsp3) is 0.333. The van der Waals surface area contributed by atoms with E-state index in [-0.39, 0.29) is 11.8 Å². The van der Waals surface area contributed by atoms with Gasteiger partial charge in [-0.1, -0.05) is 12.1 Å². The maximum Gasteiger partial charge on any atom is 0.274 e. The molecule has 0 bridgehead atoms. The first-order valence-corrected chi connectivity index (χ1v) is 10.2. The Labute approximate surface area is 177 Å². The van der Waals surface area contributed by atoms with Gasteiger partial charge in [0, 0.05) is 36.6 Å². The molecule has 154 valence electrons. The minimum absolute atomic E-state index is 0.0622. The van der Waals surface area contributed by atoms with Crippen LogP contribution in [0.15, 0.2) is 48.8 Å². The van der Waals surface area contributed by atoms with Crippen molar-refractivity contribution >= 4 is 5.91 Å². The Morgan fingerprint density at radius 2 is 1.93 bits per heavy atom. The molecule has 30 heavy (non-hydrogen) atoms. The molecular formula is C24H26N4O2. The summed E-state index contributed by atoms with van der Waals surface area (Å²) < 4.78 is 5.37. The molecule has 1 fully saturated rings. The van der Waals surface area contributed by atoms with Gasteiger partial charge in [0.1, 0.15) is 11.4 Å². The highest BCUT2D eigenvalue weighted by molar-refractivity contribution is 5.92. The van der Waals surface area contributed by atoms with E-state index in [0.29, 0.717) is 12.2 Å². The normalized spacial score (nSPS) is 16.4. The predicted octanol–water partition coefficient (Wildman–Crippen LogP) is 4.18. The maximum absolute atomic E-state index is 12.9. The lowest BCUT2D eigenvalue weighted by Gasteiger charge is -2.32. The smallest absolute Gasteiger partial charge is 0.274 e. The monoisotopic (exact) mass is 402 g/mol. The molecule has 1 unspecified atom stereocenters. The van der Waals surface area contributed by atoms with E-state index < -0.39 is 0 Å². The highest BCUT2D eigenvalue weighted by Gasteiger charge is 2.27. The van der Waals surface area contributed by atoms with Gasteiger partial charge in [-0.15, -0.1) is 0 Å². The lowest BCUT2D eigenvalue weighted by atomic mass is 9.92. The maximum atomic E-state index is 12.9. The number of likely N-dealkylation sites (tertiary alicyclic amines) is 1. The summed E-state index contributed by atoms with van der Waals surface area (Å²) in [5, 5.41) is 0. The second-order valence-electron chi connectivity index (χ2n) is 7.79. The van der Waals surface area contributed by atoms with Crippen molar-refractivity contribution in [3.8, 4) is 16.9 Å². The van der Waals surface area contributed by atoms with Crippen molar-refractivity contribution in [3.63, 3.8) is 0 Å². The molecule has 3 heterocycles. The number of nitrogens with zero attached hydrogens (tertiary/aromatic N) is 4. The van der Waals surface area contributed by atoms with E-state index in [9.17, 15) is 4.79 Å². The molecule has 0 saturated carbocycles. The van der Waals surface area contributed by atoms with Crippen molar-refractivity contribution < 1.29 is 9.53 Å². The van der Waals surface area contributed by atoms with Crippen LogP contribution in [-0.2, 0) is 0 Å². The van der Waals surface area contributed by atoms with E-state index in [1.807, 2.05) is 36.9 Å². The number of hydrogen-bond donors (Lipinski definition) is 0. The van der Waals surface area contributed by atoms with Crippen molar-refractivity contribution in [2.24, 2.45) is 0 Å². The first-order valence-electron chi connectivity index (χ1n) is 10.2. The Kier molecular flexibility index (Phi) is 5.74. The van der Waals surface area contributed by atoms with Crippen LogP contribution in [0.2, 0.25) is 0 Å². The van der Waals surface area contributed by atoms with Gasteiger partial charge in [0.15, 0.2) is 0 Å². The summed E-state index contributed by atoms with van der Waals surface area (Å²) >= 11 is 0. The minimum atomic E-state index is -0.0622. The summed E-state index contributed by atoms with van der Waals surface area (Å²) in [5.41, 5.74) is 5.41. The second kappa shape index (κ2) is 8.61. The van der Waals surface area contributed by atoms with Gasteiger partial charge in [0.05, 0.1) is 19.0 Å². The molecule has 2 aromatic heterocycles. The third-order valence-electron chi connectivity index (χ3n) is 5.50. The number of rotatable bonds is 4. The van der Waals surface area contributed by atoms with Gasteiger partial charge >= 0.3 is 0 Å². The number of hydrogen-bond acceptors (Lipinski definition) is 5. The summed E-state index contributed by atoms with van der Waals surface area (Å²) in [5.74, 6) is 0.968. The largest absolute Gasteiger partial charge is 0.497 e. The number of aryl methyl sites for hydroxylation is 2. The molecule has 0 radical (unpaired) electrons. The third-order valence-corrected chi connectivity index (χ3v) is 5.50. The highest BCUT2D eigenvalue weighted by Crippen LogP contribution is 2.31. The zero-order chi connectivity index (χ0) is 21.1. The molecule has 1 aliphatic rings. The molecule has 3 aromatic rings. The van der Waals surface area contributed by atoms with E-state index in [0.717, 1.165) is 53.3 Å².